The van der Waals surface area contributed by atoms with Crippen molar-refractivity contribution in [3.8, 4) is 17.1 Å². The summed E-state index contributed by atoms with van der Waals surface area (Å²) in [6.45, 7) is 0.527. The first kappa shape index (κ1) is 19.1. The third kappa shape index (κ3) is 4.62. The average Bonchev–Trinajstić information content (AvgIpc) is 3.13. The lowest BCUT2D eigenvalue weighted by Crippen LogP contribution is -1.96. The van der Waals surface area contributed by atoms with Gasteiger partial charge in [0.05, 0.1) is 11.2 Å². The third-order valence-electron chi connectivity index (χ3n) is 4.22. The van der Waals surface area contributed by atoms with E-state index in [0.29, 0.717) is 22.2 Å². The molecule has 4 aromatic rings. The van der Waals surface area contributed by atoms with E-state index in [1.807, 2.05) is 72.8 Å². The summed E-state index contributed by atoms with van der Waals surface area (Å²) in [5.74, 6) is 1.35. The molecular formula is C22H17ClN4OS. The van der Waals surface area contributed by atoms with Crippen LogP contribution in [0.3, 0.4) is 0 Å². The van der Waals surface area contributed by atoms with Gasteiger partial charge in [-0.1, -0.05) is 54.1 Å². The monoisotopic (exact) mass is 420 g/mol. The molecule has 0 aliphatic rings. The maximum absolute atomic E-state index is 6.28. The molecule has 7 heteroatoms. The maximum Gasteiger partial charge on any atom is 0.216 e. The zero-order valence-corrected chi connectivity index (χ0v) is 16.9. The zero-order chi connectivity index (χ0) is 20.1. The number of hydrogen-bond acceptors (Lipinski definition) is 4. The molecule has 0 saturated carbocycles. The van der Waals surface area contributed by atoms with Crippen LogP contribution in [0, 0.1) is 4.77 Å². The van der Waals surface area contributed by atoms with E-state index in [0.717, 1.165) is 22.4 Å². The molecule has 0 aliphatic heterocycles. The van der Waals surface area contributed by atoms with Crippen molar-refractivity contribution in [2.45, 2.75) is 6.61 Å². The minimum atomic E-state index is 0.388. The standard InChI is InChI=1S/C22H17ClN4OS/c23-20-9-5-4-8-19(20)21-25-26-22(29)27(21)24-14-16-10-12-18(13-11-16)28-15-17-6-2-1-3-7-17/h1-14H,15H2,(H,26,29)/b24-14+. The van der Waals surface area contributed by atoms with Gasteiger partial charge in [-0.3, -0.25) is 0 Å². The van der Waals surface area contributed by atoms with Crippen LogP contribution in [0.1, 0.15) is 11.1 Å². The van der Waals surface area contributed by atoms with E-state index in [9.17, 15) is 0 Å². The van der Waals surface area contributed by atoms with Crippen molar-refractivity contribution in [3.05, 3.63) is 99.8 Å². The van der Waals surface area contributed by atoms with Crippen molar-refractivity contribution in [2.75, 3.05) is 0 Å². The second-order valence-corrected chi connectivity index (χ2v) is 7.03. The fourth-order valence-electron chi connectivity index (χ4n) is 2.73. The molecular weight excluding hydrogens is 404 g/mol. The summed E-state index contributed by atoms with van der Waals surface area (Å²) in [5, 5.41) is 12.1. The lowest BCUT2D eigenvalue weighted by atomic mass is 10.2. The van der Waals surface area contributed by atoms with Crippen LogP contribution in [0.2, 0.25) is 5.02 Å². The highest BCUT2D eigenvalue weighted by Crippen LogP contribution is 2.26. The van der Waals surface area contributed by atoms with Crippen LogP contribution in [0.5, 0.6) is 5.75 Å². The Morgan fingerprint density at radius 1 is 1.00 bits per heavy atom. The highest BCUT2D eigenvalue weighted by atomic mass is 35.5. The van der Waals surface area contributed by atoms with Crippen molar-refractivity contribution in [1.29, 1.82) is 0 Å². The van der Waals surface area contributed by atoms with Gasteiger partial charge >= 0.3 is 0 Å². The Kier molecular flexibility index (Phi) is 5.84. The molecule has 4 rings (SSSR count). The highest BCUT2D eigenvalue weighted by molar-refractivity contribution is 7.71. The molecule has 29 heavy (non-hydrogen) atoms. The lowest BCUT2D eigenvalue weighted by molar-refractivity contribution is 0.306. The van der Waals surface area contributed by atoms with Gasteiger partial charge in [0.25, 0.3) is 0 Å². The van der Waals surface area contributed by atoms with Gasteiger partial charge in [-0.2, -0.15) is 14.9 Å². The molecule has 0 atom stereocenters. The molecule has 0 saturated heterocycles. The second kappa shape index (κ2) is 8.86. The number of hydrogen-bond donors (Lipinski definition) is 1. The summed E-state index contributed by atoms with van der Waals surface area (Å²) < 4.78 is 7.75. The summed E-state index contributed by atoms with van der Waals surface area (Å²) in [4.78, 5) is 0. The van der Waals surface area contributed by atoms with E-state index in [4.69, 9.17) is 28.6 Å². The third-order valence-corrected chi connectivity index (χ3v) is 4.81. The number of nitrogens with one attached hydrogen (secondary N) is 1. The Morgan fingerprint density at radius 2 is 1.72 bits per heavy atom. The first-order valence-corrected chi connectivity index (χ1v) is 9.73. The number of aromatic nitrogens is 3. The predicted molar refractivity (Wildman–Crippen MR) is 118 cm³/mol. The summed E-state index contributed by atoms with van der Waals surface area (Å²) in [7, 11) is 0. The molecule has 1 heterocycles. The molecule has 0 fully saturated rings. The number of nitrogens with zero attached hydrogens (tertiary/aromatic N) is 3. The SMILES string of the molecule is S=c1[nH]nc(-c2ccccc2Cl)n1/N=C/c1ccc(OCc2ccccc2)cc1. The highest BCUT2D eigenvalue weighted by Gasteiger charge is 2.11. The van der Waals surface area contributed by atoms with E-state index in [1.54, 1.807) is 17.0 Å². The van der Waals surface area contributed by atoms with Crippen LogP contribution >= 0.6 is 23.8 Å². The Balaban J connectivity index is 1.49. The van der Waals surface area contributed by atoms with Crippen molar-refractivity contribution >= 4 is 30.0 Å². The van der Waals surface area contributed by atoms with Gasteiger partial charge in [-0.25, -0.2) is 5.10 Å². The van der Waals surface area contributed by atoms with Gasteiger partial charge in [-0.15, -0.1) is 0 Å². The molecule has 0 spiro atoms. The number of aromatic amines is 1. The molecule has 0 amide bonds. The van der Waals surface area contributed by atoms with E-state index >= 15 is 0 Å². The van der Waals surface area contributed by atoms with Crippen molar-refractivity contribution in [3.63, 3.8) is 0 Å². The van der Waals surface area contributed by atoms with Crippen LogP contribution in [0.25, 0.3) is 11.4 Å². The Hall–Kier alpha value is -3.22. The largest absolute Gasteiger partial charge is 0.489 e. The van der Waals surface area contributed by atoms with Gasteiger partial charge in [0.1, 0.15) is 12.4 Å². The van der Waals surface area contributed by atoms with Crippen LogP contribution in [0.4, 0.5) is 0 Å². The summed E-state index contributed by atoms with van der Waals surface area (Å²) in [6.07, 6.45) is 1.71. The Labute approximate surface area is 178 Å². The lowest BCUT2D eigenvalue weighted by Gasteiger charge is -2.06. The van der Waals surface area contributed by atoms with E-state index in [2.05, 4.69) is 15.3 Å². The Bertz CT molecular complexity index is 1180. The van der Waals surface area contributed by atoms with E-state index in [1.165, 1.54) is 0 Å². The fourth-order valence-corrected chi connectivity index (χ4v) is 3.13. The van der Waals surface area contributed by atoms with Gasteiger partial charge in [0.2, 0.25) is 4.77 Å². The van der Waals surface area contributed by atoms with E-state index in [-0.39, 0.29) is 0 Å². The molecule has 1 N–H and O–H groups in total. The quantitative estimate of drug-likeness (QED) is 0.320. The minimum Gasteiger partial charge on any atom is -0.489 e. The molecule has 5 nitrogen and oxygen atoms in total. The van der Waals surface area contributed by atoms with Crippen LogP contribution in [-0.2, 0) is 6.61 Å². The molecule has 1 aromatic heterocycles. The molecule has 0 bridgehead atoms. The number of benzene rings is 3. The van der Waals surface area contributed by atoms with E-state index < -0.39 is 0 Å². The number of rotatable bonds is 6. The van der Waals surface area contributed by atoms with Crippen molar-refractivity contribution in [2.24, 2.45) is 5.10 Å². The van der Waals surface area contributed by atoms with Gasteiger partial charge in [0, 0.05) is 5.56 Å². The van der Waals surface area contributed by atoms with Gasteiger partial charge in [-0.05, 0) is 59.7 Å². The Morgan fingerprint density at radius 3 is 2.48 bits per heavy atom. The summed E-state index contributed by atoms with van der Waals surface area (Å²) >= 11 is 11.6. The topological polar surface area (TPSA) is 55.2 Å². The molecule has 144 valence electrons. The summed E-state index contributed by atoms with van der Waals surface area (Å²) in [6, 6.07) is 25.2. The molecule has 3 aromatic carbocycles. The normalized spacial score (nSPS) is 11.1. The first-order valence-electron chi connectivity index (χ1n) is 8.94. The van der Waals surface area contributed by atoms with Gasteiger partial charge < -0.3 is 4.74 Å². The minimum absolute atomic E-state index is 0.388. The predicted octanol–water partition coefficient (Wildman–Crippen LogP) is 5.72. The fraction of sp³-hybridized carbons (Fsp3) is 0.0455. The number of ether oxygens (including phenoxy) is 1. The van der Waals surface area contributed by atoms with Crippen LogP contribution in [0.15, 0.2) is 84.0 Å². The van der Waals surface area contributed by atoms with Crippen molar-refractivity contribution < 1.29 is 4.74 Å². The van der Waals surface area contributed by atoms with Crippen LogP contribution < -0.4 is 4.74 Å². The average molecular weight is 421 g/mol. The summed E-state index contributed by atoms with van der Waals surface area (Å²) in [5.41, 5.74) is 2.79. The van der Waals surface area contributed by atoms with Crippen LogP contribution in [-0.4, -0.2) is 21.1 Å². The smallest absolute Gasteiger partial charge is 0.216 e. The maximum atomic E-state index is 6.28. The second-order valence-electron chi connectivity index (χ2n) is 6.23. The number of H-pyrrole nitrogens is 1. The first-order chi connectivity index (χ1) is 14.2. The zero-order valence-electron chi connectivity index (χ0n) is 15.3. The number of halogens is 1. The van der Waals surface area contributed by atoms with Crippen molar-refractivity contribution in [1.82, 2.24) is 14.9 Å². The van der Waals surface area contributed by atoms with Gasteiger partial charge in [0.15, 0.2) is 5.82 Å². The molecule has 0 unspecified atom stereocenters. The molecule has 0 aliphatic carbocycles. The molecule has 0 radical (unpaired) electrons.